The normalized spacial score (nSPS) is 17.4. The van der Waals surface area contributed by atoms with E-state index < -0.39 is 15.9 Å². The lowest BCUT2D eigenvalue weighted by Crippen LogP contribution is -2.47. The predicted octanol–water partition coefficient (Wildman–Crippen LogP) is 1.88. The summed E-state index contributed by atoms with van der Waals surface area (Å²) in [5.41, 5.74) is 12.0. The molecule has 1 aromatic carbocycles. The third-order valence-corrected chi connectivity index (χ3v) is 7.08. The number of nitrogens with zero attached hydrogens (tertiary/aromatic N) is 4. The van der Waals surface area contributed by atoms with Crippen LogP contribution in [0.3, 0.4) is 0 Å². The number of benzene rings is 1. The molecule has 1 fully saturated rings. The molecule has 36 heavy (non-hydrogen) atoms. The van der Waals surface area contributed by atoms with E-state index in [1.807, 2.05) is 25.1 Å². The molecular weight excluding hydrogens is 506 g/mol. The van der Waals surface area contributed by atoms with E-state index in [2.05, 4.69) is 14.8 Å². The SMILES string of the molecule is CCc1cc2cccc(Cl)c2c(=O)n1C1CC(NS(C)(=O)=O)C1.NC(=O)c1c(N)nn2cccnc12. The van der Waals surface area contributed by atoms with Gasteiger partial charge in [0.2, 0.25) is 10.0 Å². The van der Waals surface area contributed by atoms with Gasteiger partial charge in [-0.2, -0.15) is 0 Å². The minimum Gasteiger partial charge on any atom is -0.381 e. The molecule has 0 radical (unpaired) electrons. The highest BCUT2D eigenvalue weighted by Gasteiger charge is 2.34. The van der Waals surface area contributed by atoms with Gasteiger partial charge in [-0.3, -0.25) is 9.59 Å². The van der Waals surface area contributed by atoms with Gasteiger partial charge in [0.05, 0.1) is 16.7 Å². The molecule has 0 atom stereocenters. The van der Waals surface area contributed by atoms with Gasteiger partial charge < -0.3 is 16.0 Å². The second kappa shape index (κ2) is 9.88. The zero-order valence-electron chi connectivity index (χ0n) is 19.7. The molecule has 190 valence electrons. The average molecular weight is 532 g/mol. The molecule has 5 rings (SSSR count). The molecule has 3 aromatic heterocycles. The van der Waals surface area contributed by atoms with Crippen molar-refractivity contribution in [3.8, 4) is 0 Å². The maximum absolute atomic E-state index is 12.9. The summed E-state index contributed by atoms with van der Waals surface area (Å²) in [6.07, 6.45) is 6.32. The fourth-order valence-corrected chi connectivity index (χ4v) is 5.46. The minimum absolute atomic E-state index is 0.0115. The van der Waals surface area contributed by atoms with Crippen molar-refractivity contribution >= 4 is 49.8 Å². The molecule has 1 aliphatic carbocycles. The molecule has 0 saturated heterocycles. The van der Waals surface area contributed by atoms with E-state index in [9.17, 15) is 18.0 Å². The molecular formula is C23H26ClN7O4S. The molecule has 0 aliphatic heterocycles. The smallest absolute Gasteiger partial charge is 0.260 e. The first-order chi connectivity index (χ1) is 17.0. The van der Waals surface area contributed by atoms with Crippen LogP contribution in [-0.2, 0) is 16.4 Å². The molecule has 1 aliphatic rings. The highest BCUT2D eigenvalue weighted by molar-refractivity contribution is 7.88. The van der Waals surface area contributed by atoms with Crippen molar-refractivity contribution in [3.63, 3.8) is 0 Å². The summed E-state index contributed by atoms with van der Waals surface area (Å²) in [7, 11) is -3.22. The molecule has 5 N–H and O–H groups in total. The third kappa shape index (κ3) is 5.06. The van der Waals surface area contributed by atoms with Gasteiger partial charge in [0.25, 0.3) is 11.5 Å². The number of primary amides is 1. The minimum atomic E-state index is -3.22. The largest absolute Gasteiger partial charge is 0.381 e. The van der Waals surface area contributed by atoms with Crippen LogP contribution in [0.4, 0.5) is 5.82 Å². The number of anilines is 1. The lowest BCUT2D eigenvalue weighted by atomic mass is 9.86. The lowest BCUT2D eigenvalue weighted by Gasteiger charge is -2.37. The highest BCUT2D eigenvalue weighted by Crippen LogP contribution is 2.34. The fourth-order valence-electron chi connectivity index (χ4n) is 4.40. The van der Waals surface area contributed by atoms with E-state index in [-0.39, 0.29) is 29.0 Å². The topological polar surface area (TPSA) is 167 Å². The van der Waals surface area contributed by atoms with E-state index >= 15 is 0 Å². The van der Waals surface area contributed by atoms with Crippen molar-refractivity contribution in [1.82, 2.24) is 23.9 Å². The first kappa shape index (κ1) is 25.6. The van der Waals surface area contributed by atoms with E-state index in [4.69, 9.17) is 23.1 Å². The van der Waals surface area contributed by atoms with Crippen molar-refractivity contribution in [2.75, 3.05) is 12.0 Å². The van der Waals surface area contributed by atoms with Crippen molar-refractivity contribution < 1.29 is 13.2 Å². The summed E-state index contributed by atoms with van der Waals surface area (Å²) in [5, 5.41) is 5.70. The highest BCUT2D eigenvalue weighted by atomic mass is 35.5. The number of nitrogens with one attached hydrogen (secondary N) is 1. The van der Waals surface area contributed by atoms with E-state index in [1.165, 1.54) is 4.52 Å². The van der Waals surface area contributed by atoms with Crippen LogP contribution in [-0.4, -0.2) is 45.8 Å². The average Bonchev–Trinajstić information content (AvgIpc) is 3.12. The number of amides is 1. The molecule has 1 amide bonds. The van der Waals surface area contributed by atoms with Gasteiger partial charge in [0.1, 0.15) is 5.56 Å². The van der Waals surface area contributed by atoms with Gasteiger partial charge in [-0.05, 0) is 42.8 Å². The number of rotatable bonds is 5. The number of nitrogens with two attached hydrogens (primary N) is 2. The Bertz CT molecular complexity index is 1630. The summed E-state index contributed by atoms with van der Waals surface area (Å²) in [5.74, 6) is -0.516. The van der Waals surface area contributed by atoms with Crippen LogP contribution in [0, 0.1) is 0 Å². The van der Waals surface area contributed by atoms with Crippen LogP contribution in [0.5, 0.6) is 0 Å². The lowest BCUT2D eigenvalue weighted by molar-refractivity contribution is 0.100. The van der Waals surface area contributed by atoms with E-state index in [0.717, 1.165) is 23.8 Å². The van der Waals surface area contributed by atoms with Gasteiger partial charge in [-0.15, -0.1) is 5.10 Å². The van der Waals surface area contributed by atoms with Crippen molar-refractivity contribution in [3.05, 3.63) is 69.4 Å². The number of hydrogen-bond donors (Lipinski definition) is 3. The van der Waals surface area contributed by atoms with Gasteiger partial charge in [-0.1, -0.05) is 30.7 Å². The predicted molar refractivity (Wildman–Crippen MR) is 139 cm³/mol. The number of sulfonamides is 1. The van der Waals surface area contributed by atoms with Crippen LogP contribution < -0.4 is 21.7 Å². The van der Waals surface area contributed by atoms with Crippen LogP contribution in [0.25, 0.3) is 16.4 Å². The molecule has 11 nitrogen and oxygen atoms in total. The Kier molecular flexibility index (Phi) is 7.03. The fraction of sp³-hybridized carbons (Fsp3) is 0.304. The number of halogens is 1. The van der Waals surface area contributed by atoms with Crippen molar-refractivity contribution in [1.29, 1.82) is 0 Å². The Morgan fingerprint density at radius 3 is 2.64 bits per heavy atom. The first-order valence-electron chi connectivity index (χ1n) is 11.2. The number of carbonyl (C=O) groups is 1. The number of fused-ring (bicyclic) bond motifs is 2. The number of carbonyl (C=O) groups excluding carboxylic acids is 1. The summed E-state index contributed by atoms with van der Waals surface area (Å²) < 4.78 is 28.4. The molecule has 0 spiro atoms. The van der Waals surface area contributed by atoms with Crippen LogP contribution >= 0.6 is 11.6 Å². The van der Waals surface area contributed by atoms with Crippen molar-refractivity contribution in [2.24, 2.45) is 5.73 Å². The third-order valence-electron chi connectivity index (χ3n) is 6.00. The maximum atomic E-state index is 12.9. The number of aryl methyl sites for hydroxylation is 1. The van der Waals surface area contributed by atoms with Crippen molar-refractivity contribution in [2.45, 2.75) is 38.3 Å². The monoisotopic (exact) mass is 531 g/mol. The first-order valence-corrected chi connectivity index (χ1v) is 13.5. The van der Waals surface area contributed by atoms with Gasteiger partial charge >= 0.3 is 0 Å². The van der Waals surface area contributed by atoms with Gasteiger partial charge in [0, 0.05) is 30.2 Å². The zero-order chi connectivity index (χ0) is 26.2. The van der Waals surface area contributed by atoms with E-state index in [1.54, 1.807) is 29.1 Å². The standard InChI is InChI=1S/C16H19ClN2O3S.C7H7N5O/c1-3-12-7-10-5-4-6-14(17)15(10)16(20)19(12)13-8-11(9-13)18-23(2,21)22;8-5-4(6(9)13)7-10-2-1-3-12(7)11-5/h4-7,11,13,18H,3,8-9H2,1-2H3;1-3H,(H2,8,11)(H2,9,13). The number of pyridine rings is 1. The molecule has 0 unspecified atom stereocenters. The Morgan fingerprint density at radius 1 is 1.28 bits per heavy atom. The Morgan fingerprint density at radius 2 is 2.00 bits per heavy atom. The molecule has 13 heteroatoms. The van der Waals surface area contributed by atoms with Crippen LogP contribution in [0.1, 0.15) is 41.9 Å². The zero-order valence-corrected chi connectivity index (χ0v) is 21.3. The quantitative estimate of drug-likeness (QED) is 0.353. The summed E-state index contributed by atoms with van der Waals surface area (Å²) in [4.78, 5) is 27.8. The van der Waals surface area contributed by atoms with Crippen LogP contribution in [0.2, 0.25) is 5.02 Å². The van der Waals surface area contributed by atoms with E-state index in [0.29, 0.717) is 28.9 Å². The summed E-state index contributed by atoms with van der Waals surface area (Å²) in [6, 6.07) is 9.04. The number of hydrogen-bond acceptors (Lipinski definition) is 7. The number of aromatic nitrogens is 4. The Labute approximate surface area is 212 Å². The van der Waals surface area contributed by atoms with Gasteiger partial charge in [0.15, 0.2) is 11.5 Å². The molecule has 3 heterocycles. The summed E-state index contributed by atoms with van der Waals surface area (Å²) in [6.45, 7) is 2.01. The Hall–Kier alpha value is -3.48. The Balaban J connectivity index is 0.000000197. The van der Waals surface area contributed by atoms with Gasteiger partial charge in [-0.25, -0.2) is 22.6 Å². The number of nitrogen functional groups attached to an aromatic ring is 1. The second-order valence-electron chi connectivity index (χ2n) is 8.59. The molecule has 0 bridgehead atoms. The second-order valence-corrected chi connectivity index (χ2v) is 10.8. The maximum Gasteiger partial charge on any atom is 0.260 e. The molecule has 1 saturated carbocycles. The molecule has 4 aromatic rings. The van der Waals surface area contributed by atoms with Crippen LogP contribution in [0.15, 0.2) is 47.5 Å². The summed E-state index contributed by atoms with van der Waals surface area (Å²) >= 11 is 6.21.